The van der Waals surface area contributed by atoms with Crippen LogP contribution in [0.1, 0.15) is 38.6 Å². The van der Waals surface area contributed by atoms with Crippen LogP contribution < -0.4 is 21.3 Å². The molecule has 1 fully saturated rings. The predicted octanol–water partition coefficient (Wildman–Crippen LogP) is 2.23. The molecule has 1 aliphatic heterocycles. The summed E-state index contributed by atoms with van der Waals surface area (Å²) in [7, 11) is 1.77. The molecule has 0 aromatic carbocycles. The third-order valence-electron chi connectivity index (χ3n) is 6.10. The summed E-state index contributed by atoms with van der Waals surface area (Å²) in [5, 5.41) is 6.57. The largest absolute Gasteiger partial charge is 0.381 e. The van der Waals surface area contributed by atoms with E-state index in [1.807, 2.05) is 12.1 Å². The Morgan fingerprint density at radius 3 is 2.71 bits per heavy atom. The maximum Gasteiger partial charge on any atom is 0.227 e. The van der Waals surface area contributed by atoms with Crippen LogP contribution in [0.3, 0.4) is 0 Å². The summed E-state index contributed by atoms with van der Waals surface area (Å²) < 4.78 is 13.5. The van der Waals surface area contributed by atoms with Crippen LogP contribution in [0.15, 0.2) is 24.5 Å². The van der Waals surface area contributed by atoms with Crippen molar-refractivity contribution in [1.29, 1.82) is 0 Å². The highest BCUT2D eigenvalue weighted by Crippen LogP contribution is 2.25. The Balaban J connectivity index is 1.46. The molecule has 190 valence electrons. The molecule has 1 saturated heterocycles. The van der Waals surface area contributed by atoms with E-state index in [1.165, 1.54) is 0 Å². The first-order chi connectivity index (χ1) is 17.1. The lowest BCUT2D eigenvalue weighted by molar-refractivity contribution is 0.0816. The van der Waals surface area contributed by atoms with Crippen molar-refractivity contribution in [2.24, 2.45) is 5.73 Å². The molecule has 3 aromatic rings. The molecule has 0 aliphatic carbocycles. The maximum atomic E-state index is 5.84. The van der Waals surface area contributed by atoms with Crippen molar-refractivity contribution in [2.75, 3.05) is 56.7 Å². The van der Waals surface area contributed by atoms with Gasteiger partial charge in [-0.3, -0.25) is 0 Å². The van der Waals surface area contributed by atoms with Gasteiger partial charge >= 0.3 is 0 Å². The Morgan fingerprint density at radius 1 is 1.14 bits per heavy atom. The highest BCUT2D eigenvalue weighted by Gasteiger charge is 2.21. The molecule has 0 amide bonds. The molecule has 0 radical (unpaired) electrons. The first-order valence-electron chi connectivity index (χ1n) is 12.3. The number of nitrogens with zero attached hydrogens (tertiary/aromatic N) is 6. The molecular formula is C24H37N9O2. The van der Waals surface area contributed by atoms with Gasteiger partial charge in [0.1, 0.15) is 29.6 Å². The van der Waals surface area contributed by atoms with Crippen molar-refractivity contribution < 1.29 is 9.47 Å². The van der Waals surface area contributed by atoms with Crippen LogP contribution in [-0.2, 0) is 16.1 Å². The molecule has 11 nitrogen and oxygen atoms in total. The predicted molar refractivity (Wildman–Crippen MR) is 137 cm³/mol. The topological polar surface area (TPSA) is 128 Å². The fraction of sp³-hybridized carbons (Fsp3) is 0.583. The molecule has 4 N–H and O–H groups in total. The van der Waals surface area contributed by atoms with E-state index in [9.17, 15) is 0 Å². The average Bonchev–Trinajstić information content (AvgIpc) is 3.24. The monoisotopic (exact) mass is 483 g/mol. The summed E-state index contributed by atoms with van der Waals surface area (Å²) >= 11 is 0. The van der Waals surface area contributed by atoms with Crippen molar-refractivity contribution in [3.63, 3.8) is 0 Å². The lowest BCUT2D eigenvalue weighted by Crippen LogP contribution is -2.37. The van der Waals surface area contributed by atoms with E-state index in [2.05, 4.69) is 43.9 Å². The van der Waals surface area contributed by atoms with Crippen molar-refractivity contribution in [1.82, 2.24) is 29.8 Å². The molecule has 0 spiro atoms. The van der Waals surface area contributed by atoms with Gasteiger partial charge in [0.2, 0.25) is 5.95 Å². The molecule has 35 heavy (non-hydrogen) atoms. The summed E-state index contributed by atoms with van der Waals surface area (Å²) in [5.74, 6) is 3.02. The number of hydrogen-bond donors (Lipinski definition) is 3. The molecular weight excluding hydrogens is 446 g/mol. The Hall–Kier alpha value is -2.86. The summed E-state index contributed by atoms with van der Waals surface area (Å²) in [5.41, 5.74) is 7.35. The average molecular weight is 484 g/mol. The van der Waals surface area contributed by atoms with Crippen LogP contribution in [0.25, 0.3) is 11.0 Å². The normalized spacial score (nSPS) is 14.8. The number of aromatic nitrogens is 5. The zero-order chi connectivity index (χ0) is 24.6. The molecule has 4 rings (SSSR count). The Morgan fingerprint density at radius 2 is 1.97 bits per heavy atom. The molecule has 1 aliphatic rings. The first-order valence-corrected chi connectivity index (χ1v) is 12.3. The van der Waals surface area contributed by atoms with Gasteiger partial charge in [0.25, 0.3) is 0 Å². The van der Waals surface area contributed by atoms with Gasteiger partial charge in [-0.25, -0.2) is 15.0 Å². The van der Waals surface area contributed by atoms with E-state index < -0.39 is 0 Å². The first kappa shape index (κ1) is 25.2. The van der Waals surface area contributed by atoms with Gasteiger partial charge in [0.15, 0.2) is 0 Å². The molecule has 0 saturated carbocycles. The lowest BCUT2D eigenvalue weighted by Gasteiger charge is -2.31. The van der Waals surface area contributed by atoms with Gasteiger partial charge in [0, 0.05) is 58.1 Å². The van der Waals surface area contributed by atoms with Crippen LogP contribution >= 0.6 is 0 Å². The summed E-state index contributed by atoms with van der Waals surface area (Å²) in [6.45, 7) is 9.27. The standard InChI is InChI=1S/C24H37N9O2/c1-17(2)33-20-14-22(28-15-19(20)29-23(33)16-35-13-10-26-9-7-25)30-21-4-8-27-24(31-21)32-11-5-18(34-3)6-12-32/h4,8,14-15,17-18,26H,5-7,9-13,16,25H2,1-3H3,(H,27,28,30,31). The van der Waals surface area contributed by atoms with Crippen LogP contribution in [0.2, 0.25) is 0 Å². The number of anilines is 3. The van der Waals surface area contributed by atoms with E-state index in [0.29, 0.717) is 37.5 Å². The minimum Gasteiger partial charge on any atom is -0.381 e. The second-order valence-corrected chi connectivity index (χ2v) is 8.93. The fourth-order valence-corrected chi connectivity index (χ4v) is 4.32. The van der Waals surface area contributed by atoms with Crippen LogP contribution in [0, 0.1) is 0 Å². The minimum absolute atomic E-state index is 0.227. The molecule has 3 aromatic heterocycles. The Kier molecular flexibility index (Phi) is 8.80. The van der Waals surface area contributed by atoms with Gasteiger partial charge in [0.05, 0.1) is 24.4 Å². The zero-order valence-corrected chi connectivity index (χ0v) is 20.9. The molecule has 0 unspecified atom stereocenters. The summed E-state index contributed by atoms with van der Waals surface area (Å²) in [6.07, 6.45) is 5.84. The van der Waals surface area contributed by atoms with E-state index in [0.717, 1.165) is 61.8 Å². The van der Waals surface area contributed by atoms with Crippen molar-refractivity contribution in [3.8, 4) is 0 Å². The highest BCUT2D eigenvalue weighted by atomic mass is 16.5. The smallest absolute Gasteiger partial charge is 0.227 e. The minimum atomic E-state index is 0.227. The van der Waals surface area contributed by atoms with E-state index in [-0.39, 0.29) is 6.04 Å². The molecule has 0 bridgehead atoms. The van der Waals surface area contributed by atoms with Gasteiger partial charge in [-0.05, 0) is 32.8 Å². The van der Waals surface area contributed by atoms with Crippen molar-refractivity contribution in [2.45, 2.75) is 45.4 Å². The van der Waals surface area contributed by atoms with Crippen LogP contribution in [0.4, 0.5) is 17.6 Å². The number of imidazole rings is 1. The molecule has 11 heteroatoms. The van der Waals surface area contributed by atoms with E-state index >= 15 is 0 Å². The van der Waals surface area contributed by atoms with Gasteiger partial charge < -0.3 is 35.3 Å². The van der Waals surface area contributed by atoms with Crippen molar-refractivity contribution >= 4 is 28.6 Å². The lowest BCUT2D eigenvalue weighted by atomic mass is 10.1. The van der Waals surface area contributed by atoms with Gasteiger partial charge in [-0.2, -0.15) is 4.98 Å². The van der Waals surface area contributed by atoms with Crippen LogP contribution in [-0.4, -0.2) is 77.0 Å². The number of pyridine rings is 1. The molecule has 4 heterocycles. The fourth-order valence-electron chi connectivity index (χ4n) is 4.32. The second kappa shape index (κ2) is 12.2. The number of nitrogens with two attached hydrogens (primary N) is 1. The van der Waals surface area contributed by atoms with Gasteiger partial charge in [-0.15, -0.1) is 0 Å². The number of ether oxygens (including phenoxy) is 2. The zero-order valence-electron chi connectivity index (χ0n) is 20.9. The van der Waals surface area contributed by atoms with Gasteiger partial charge in [-0.1, -0.05) is 0 Å². The summed E-state index contributed by atoms with van der Waals surface area (Å²) in [4.78, 5) is 20.7. The quantitative estimate of drug-likeness (QED) is 0.330. The van der Waals surface area contributed by atoms with E-state index in [1.54, 1.807) is 19.5 Å². The number of rotatable bonds is 12. The number of piperidine rings is 1. The van der Waals surface area contributed by atoms with Crippen molar-refractivity contribution in [3.05, 3.63) is 30.4 Å². The number of fused-ring (bicyclic) bond motifs is 1. The number of hydrogen-bond acceptors (Lipinski definition) is 10. The number of methoxy groups -OCH3 is 1. The Bertz CT molecular complexity index is 1080. The molecule has 0 atom stereocenters. The third kappa shape index (κ3) is 6.43. The number of nitrogens with one attached hydrogen (secondary N) is 2. The van der Waals surface area contributed by atoms with Crippen LogP contribution in [0.5, 0.6) is 0 Å². The SMILES string of the molecule is COC1CCN(c2nccc(Nc3cc4c(cn3)nc(COCCNCCN)n4C(C)C)n2)CC1. The maximum absolute atomic E-state index is 5.84. The summed E-state index contributed by atoms with van der Waals surface area (Å²) in [6, 6.07) is 4.10. The third-order valence-corrected chi connectivity index (χ3v) is 6.10. The Labute approximate surface area is 206 Å². The highest BCUT2D eigenvalue weighted by molar-refractivity contribution is 5.79. The second-order valence-electron chi connectivity index (χ2n) is 8.93. The van der Waals surface area contributed by atoms with E-state index in [4.69, 9.17) is 25.2 Å².